The number of nitrogens with zero attached hydrogens (tertiary/aromatic N) is 1. The van der Waals surface area contributed by atoms with Crippen LogP contribution in [0.15, 0.2) is 24.3 Å². The van der Waals surface area contributed by atoms with E-state index in [4.69, 9.17) is 10.5 Å². The highest BCUT2D eigenvalue weighted by atomic mass is 16.5. The lowest BCUT2D eigenvalue weighted by Crippen LogP contribution is -2.34. The Morgan fingerprint density at radius 2 is 1.95 bits per heavy atom. The zero-order valence-electron chi connectivity index (χ0n) is 13.1. The molecule has 1 fully saturated rings. The maximum Gasteiger partial charge on any atom is 0.0597 e. The van der Waals surface area contributed by atoms with E-state index in [0.717, 1.165) is 30.4 Å². The molecule has 1 aliphatic carbocycles. The quantitative estimate of drug-likeness (QED) is 0.836. The Morgan fingerprint density at radius 3 is 2.55 bits per heavy atom. The second-order valence-corrected chi connectivity index (χ2v) is 6.63. The lowest BCUT2D eigenvalue weighted by Gasteiger charge is -2.38. The molecular formula is C17H28N2O. The molecular weight excluding hydrogens is 248 g/mol. The Bertz CT molecular complexity index is 425. The second kappa shape index (κ2) is 6.49. The molecule has 0 aliphatic heterocycles. The van der Waals surface area contributed by atoms with Crippen molar-refractivity contribution < 1.29 is 4.74 Å². The number of nitrogens with two attached hydrogens (primary N) is 1. The number of nitrogen functional groups attached to an aromatic ring is 1. The Morgan fingerprint density at radius 1 is 1.30 bits per heavy atom. The molecule has 1 aliphatic rings. The van der Waals surface area contributed by atoms with Gasteiger partial charge in [0.15, 0.2) is 0 Å². The van der Waals surface area contributed by atoms with Gasteiger partial charge in [0.1, 0.15) is 0 Å². The average molecular weight is 276 g/mol. The van der Waals surface area contributed by atoms with Crippen LogP contribution in [-0.4, -0.2) is 27.3 Å². The van der Waals surface area contributed by atoms with Crippen LogP contribution in [0.2, 0.25) is 0 Å². The van der Waals surface area contributed by atoms with E-state index in [9.17, 15) is 0 Å². The third-order valence-corrected chi connectivity index (χ3v) is 4.69. The molecule has 0 radical (unpaired) electrons. The Balaban J connectivity index is 1.88. The first-order chi connectivity index (χ1) is 9.54. The topological polar surface area (TPSA) is 38.5 Å². The first-order valence-electron chi connectivity index (χ1n) is 7.59. The van der Waals surface area contributed by atoms with Gasteiger partial charge in [-0.25, -0.2) is 0 Å². The van der Waals surface area contributed by atoms with Gasteiger partial charge < -0.3 is 15.4 Å². The minimum atomic E-state index is 0.385. The summed E-state index contributed by atoms with van der Waals surface area (Å²) in [6.45, 7) is 4.34. The molecule has 0 amide bonds. The number of para-hydroxylation sites is 2. The molecule has 1 aromatic carbocycles. The summed E-state index contributed by atoms with van der Waals surface area (Å²) in [7, 11) is 3.96. The van der Waals surface area contributed by atoms with Gasteiger partial charge in [0.05, 0.1) is 18.0 Å². The largest absolute Gasteiger partial charge is 0.397 e. The molecule has 0 heterocycles. The number of benzene rings is 1. The smallest absolute Gasteiger partial charge is 0.0597 e. The molecule has 0 aromatic heterocycles. The van der Waals surface area contributed by atoms with Crippen LogP contribution in [0.4, 0.5) is 11.4 Å². The van der Waals surface area contributed by atoms with E-state index in [1.165, 1.54) is 25.7 Å². The molecule has 3 nitrogen and oxygen atoms in total. The van der Waals surface area contributed by atoms with Crippen LogP contribution in [-0.2, 0) is 4.74 Å². The summed E-state index contributed by atoms with van der Waals surface area (Å²) >= 11 is 0. The van der Waals surface area contributed by atoms with Gasteiger partial charge in [-0.2, -0.15) is 0 Å². The number of rotatable bonds is 5. The molecule has 2 rings (SSSR count). The van der Waals surface area contributed by atoms with Gasteiger partial charge >= 0.3 is 0 Å². The van der Waals surface area contributed by atoms with E-state index in [-0.39, 0.29) is 0 Å². The van der Waals surface area contributed by atoms with Gasteiger partial charge in [0.2, 0.25) is 0 Å². The standard InChI is InChI=1S/C17H28N2O/c1-17(13-20-3)10-8-14(9-11-17)12-19(2)16-7-5-4-6-15(16)18/h4-7,14H,8-13,18H2,1-3H3. The third kappa shape index (κ3) is 3.66. The number of ether oxygens (including phenoxy) is 1. The van der Waals surface area contributed by atoms with Gasteiger partial charge in [0.25, 0.3) is 0 Å². The fraction of sp³-hybridized carbons (Fsp3) is 0.647. The first-order valence-corrected chi connectivity index (χ1v) is 7.59. The van der Waals surface area contributed by atoms with Gasteiger partial charge in [-0.05, 0) is 49.1 Å². The second-order valence-electron chi connectivity index (χ2n) is 6.63. The van der Waals surface area contributed by atoms with E-state index in [1.54, 1.807) is 0 Å². The summed E-state index contributed by atoms with van der Waals surface area (Å²) in [6, 6.07) is 8.12. The van der Waals surface area contributed by atoms with Crippen LogP contribution < -0.4 is 10.6 Å². The molecule has 2 N–H and O–H groups in total. The van der Waals surface area contributed by atoms with E-state index in [0.29, 0.717) is 5.41 Å². The van der Waals surface area contributed by atoms with Crippen LogP contribution in [0, 0.1) is 11.3 Å². The van der Waals surface area contributed by atoms with E-state index >= 15 is 0 Å². The van der Waals surface area contributed by atoms with Crippen molar-refractivity contribution in [2.24, 2.45) is 11.3 Å². The van der Waals surface area contributed by atoms with Crippen molar-refractivity contribution in [1.82, 2.24) is 0 Å². The monoisotopic (exact) mass is 276 g/mol. The molecule has 1 saturated carbocycles. The SMILES string of the molecule is COCC1(C)CCC(CN(C)c2ccccc2N)CC1. The molecule has 3 heteroatoms. The van der Waals surface area contributed by atoms with E-state index in [2.05, 4.69) is 31.0 Å². The highest BCUT2D eigenvalue weighted by Crippen LogP contribution is 2.39. The van der Waals surface area contributed by atoms with Gasteiger partial charge in [0, 0.05) is 20.7 Å². The number of hydrogen-bond acceptors (Lipinski definition) is 3. The molecule has 0 spiro atoms. The summed E-state index contributed by atoms with van der Waals surface area (Å²) in [5, 5.41) is 0. The fourth-order valence-corrected chi connectivity index (χ4v) is 3.37. The summed E-state index contributed by atoms with van der Waals surface area (Å²) in [5.41, 5.74) is 8.46. The third-order valence-electron chi connectivity index (χ3n) is 4.69. The summed E-state index contributed by atoms with van der Waals surface area (Å²) in [6.07, 6.45) is 5.11. The predicted molar refractivity (Wildman–Crippen MR) is 86.1 cm³/mol. The molecule has 0 unspecified atom stereocenters. The Labute approximate surface area is 123 Å². The maximum absolute atomic E-state index is 6.05. The zero-order valence-corrected chi connectivity index (χ0v) is 13.1. The van der Waals surface area contributed by atoms with E-state index in [1.807, 2.05) is 19.2 Å². The van der Waals surface area contributed by atoms with Crippen molar-refractivity contribution in [2.75, 3.05) is 37.9 Å². The summed E-state index contributed by atoms with van der Waals surface area (Å²) in [5.74, 6) is 0.768. The van der Waals surface area contributed by atoms with Crippen molar-refractivity contribution in [3.8, 4) is 0 Å². The predicted octanol–water partition coefficient (Wildman–Crippen LogP) is 3.55. The Hall–Kier alpha value is -1.22. The van der Waals surface area contributed by atoms with Crippen molar-refractivity contribution in [3.63, 3.8) is 0 Å². The van der Waals surface area contributed by atoms with Crippen LogP contribution in [0.1, 0.15) is 32.6 Å². The van der Waals surface area contributed by atoms with E-state index < -0.39 is 0 Å². The first kappa shape index (κ1) is 15.2. The molecule has 1 aromatic rings. The van der Waals surface area contributed by atoms with Crippen LogP contribution in [0.5, 0.6) is 0 Å². The van der Waals surface area contributed by atoms with Gasteiger partial charge in [-0.15, -0.1) is 0 Å². The van der Waals surface area contributed by atoms with Gasteiger partial charge in [-0.3, -0.25) is 0 Å². The molecule has 20 heavy (non-hydrogen) atoms. The number of anilines is 2. The summed E-state index contributed by atoms with van der Waals surface area (Å²) in [4.78, 5) is 2.30. The highest BCUT2D eigenvalue weighted by Gasteiger charge is 2.31. The van der Waals surface area contributed by atoms with Crippen molar-refractivity contribution in [3.05, 3.63) is 24.3 Å². The summed E-state index contributed by atoms with van der Waals surface area (Å²) < 4.78 is 5.36. The molecule has 0 bridgehead atoms. The lowest BCUT2D eigenvalue weighted by molar-refractivity contribution is 0.0505. The van der Waals surface area contributed by atoms with Crippen LogP contribution in [0.3, 0.4) is 0 Å². The lowest BCUT2D eigenvalue weighted by atomic mass is 9.72. The van der Waals surface area contributed by atoms with Crippen molar-refractivity contribution >= 4 is 11.4 Å². The highest BCUT2D eigenvalue weighted by molar-refractivity contribution is 5.66. The molecule has 112 valence electrons. The van der Waals surface area contributed by atoms with Crippen LogP contribution >= 0.6 is 0 Å². The number of methoxy groups -OCH3 is 1. The maximum atomic E-state index is 6.05. The Kier molecular flexibility index (Phi) is 4.92. The molecule has 0 saturated heterocycles. The fourth-order valence-electron chi connectivity index (χ4n) is 3.37. The number of hydrogen-bond donors (Lipinski definition) is 1. The zero-order chi connectivity index (χ0) is 14.6. The van der Waals surface area contributed by atoms with Gasteiger partial charge in [-0.1, -0.05) is 19.1 Å². The van der Waals surface area contributed by atoms with Crippen molar-refractivity contribution in [2.45, 2.75) is 32.6 Å². The average Bonchev–Trinajstić information content (AvgIpc) is 2.42. The normalized spacial score (nSPS) is 26.4. The minimum absolute atomic E-state index is 0.385. The minimum Gasteiger partial charge on any atom is -0.397 e. The van der Waals surface area contributed by atoms with Crippen LogP contribution in [0.25, 0.3) is 0 Å². The molecule has 0 atom stereocenters. The van der Waals surface area contributed by atoms with Crippen molar-refractivity contribution in [1.29, 1.82) is 0 Å².